The third-order valence-electron chi connectivity index (χ3n) is 4.49. The molecule has 1 fully saturated rings. The Labute approximate surface area is 152 Å². The summed E-state index contributed by atoms with van der Waals surface area (Å²) in [4.78, 5) is 10.7. The van der Waals surface area contributed by atoms with E-state index in [-0.39, 0.29) is 11.7 Å². The van der Waals surface area contributed by atoms with Gasteiger partial charge in [0.15, 0.2) is 6.04 Å². The summed E-state index contributed by atoms with van der Waals surface area (Å²) in [5.41, 5.74) is 0.593. The molecule has 1 atom stereocenters. The van der Waals surface area contributed by atoms with Crippen LogP contribution in [0.3, 0.4) is 0 Å². The average molecular weight is 378 g/mol. The van der Waals surface area contributed by atoms with E-state index in [1.54, 1.807) is 12.3 Å². The summed E-state index contributed by atoms with van der Waals surface area (Å²) in [6, 6.07) is 3.23. The normalized spacial score (nSPS) is 16.0. The van der Waals surface area contributed by atoms with Crippen LogP contribution in [0.25, 0.3) is 11.4 Å². The smallest absolute Gasteiger partial charge is 0.357 e. The molecule has 4 rings (SSSR count). The molecule has 1 aliphatic heterocycles. The van der Waals surface area contributed by atoms with Crippen molar-refractivity contribution in [3.8, 4) is 11.4 Å². The van der Waals surface area contributed by atoms with Crippen LogP contribution in [0.5, 0.6) is 0 Å². The van der Waals surface area contributed by atoms with Gasteiger partial charge in [-0.3, -0.25) is 4.68 Å². The van der Waals surface area contributed by atoms with E-state index in [0.29, 0.717) is 5.56 Å². The highest BCUT2D eigenvalue weighted by Crippen LogP contribution is 2.33. The van der Waals surface area contributed by atoms with Crippen molar-refractivity contribution in [1.82, 2.24) is 24.9 Å². The number of aromatic nitrogens is 5. The van der Waals surface area contributed by atoms with E-state index in [2.05, 4.69) is 25.1 Å². The monoisotopic (exact) mass is 378 g/mol. The molecule has 1 unspecified atom stereocenters. The van der Waals surface area contributed by atoms with Crippen molar-refractivity contribution in [2.45, 2.75) is 31.5 Å². The Morgan fingerprint density at radius 1 is 1.19 bits per heavy atom. The number of alkyl halides is 3. The molecule has 27 heavy (non-hydrogen) atoms. The number of halogens is 3. The lowest BCUT2D eigenvalue weighted by atomic mass is 10.2. The van der Waals surface area contributed by atoms with Crippen molar-refractivity contribution in [2.75, 3.05) is 18.0 Å². The minimum atomic E-state index is -4.49. The molecular weight excluding hydrogens is 361 g/mol. The molecule has 3 aromatic heterocycles. The number of hydrogen-bond donors (Lipinski definition) is 0. The summed E-state index contributed by atoms with van der Waals surface area (Å²) in [5.74, 6) is 0.981. The fraction of sp³-hybridized carbons (Fsp3) is 0.412. The number of pyridine rings is 1. The summed E-state index contributed by atoms with van der Waals surface area (Å²) in [6.07, 6.45) is 1.48. The lowest BCUT2D eigenvalue weighted by Gasteiger charge is -2.18. The summed E-state index contributed by atoms with van der Waals surface area (Å²) in [7, 11) is 0. The maximum atomic E-state index is 13.3. The van der Waals surface area contributed by atoms with E-state index < -0.39 is 18.6 Å². The first-order valence-corrected chi connectivity index (χ1v) is 8.60. The minimum Gasteiger partial charge on any atom is -0.357 e. The van der Waals surface area contributed by atoms with E-state index in [0.717, 1.165) is 36.4 Å². The van der Waals surface area contributed by atoms with Crippen molar-refractivity contribution in [2.24, 2.45) is 0 Å². The molecule has 1 aliphatic rings. The van der Waals surface area contributed by atoms with Gasteiger partial charge in [0, 0.05) is 37.2 Å². The van der Waals surface area contributed by atoms with Crippen molar-refractivity contribution in [3.63, 3.8) is 0 Å². The molecule has 0 aliphatic carbocycles. The van der Waals surface area contributed by atoms with Gasteiger partial charge >= 0.3 is 6.18 Å². The van der Waals surface area contributed by atoms with Crippen LogP contribution in [-0.2, 0) is 6.42 Å². The third-order valence-corrected chi connectivity index (χ3v) is 4.49. The van der Waals surface area contributed by atoms with Crippen LogP contribution in [0.4, 0.5) is 19.0 Å². The van der Waals surface area contributed by atoms with Crippen LogP contribution < -0.4 is 4.90 Å². The Balaban J connectivity index is 1.51. The average Bonchev–Trinajstić information content (AvgIpc) is 3.41. The predicted octanol–water partition coefficient (Wildman–Crippen LogP) is 3.27. The van der Waals surface area contributed by atoms with E-state index in [9.17, 15) is 13.2 Å². The molecule has 0 aromatic carbocycles. The highest BCUT2D eigenvalue weighted by Gasteiger charge is 2.42. The molecule has 142 valence electrons. The van der Waals surface area contributed by atoms with Crippen molar-refractivity contribution >= 4 is 5.82 Å². The molecule has 0 amide bonds. The van der Waals surface area contributed by atoms with Crippen LogP contribution in [0.1, 0.15) is 24.8 Å². The van der Waals surface area contributed by atoms with Gasteiger partial charge in [-0.05, 0) is 31.0 Å². The highest BCUT2D eigenvalue weighted by atomic mass is 19.4. The Kier molecular flexibility index (Phi) is 4.54. The van der Waals surface area contributed by atoms with E-state index in [4.69, 9.17) is 4.52 Å². The van der Waals surface area contributed by atoms with E-state index in [1.807, 2.05) is 6.07 Å². The van der Waals surface area contributed by atoms with E-state index in [1.165, 1.54) is 18.5 Å². The summed E-state index contributed by atoms with van der Waals surface area (Å²) in [6.45, 7) is 1.95. The SMILES string of the molecule is FC(F)(F)C(Cc1nc(-c2ccc(N3CCCC3)nc2)no1)n1cccn1. The van der Waals surface area contributed by atoms with Gasteiger partial charge in [-0.15, -0.1) is 0 Å². The molecule has 4 heterocycles. The lowest BCUT2D eigenvalue weighted by molar-refractivity contribution is -0.171. The third kappa shape index (κ3) is 3.79. The number of rotatable bonds is 5. The highest BCUT2D eigenvalue weighted by molar-refractivity contribution is 5.56. The van der Waals surface area contributed by atoms with Gasteiger partial charge in [0.1, 0.15) is 5.82 Å². The zero-order valence-corrected chi connectivity index (χ0v) is 14.3. The second kappa shape index (κ2) is 7.01. The molecule has 0 bridgehead atoms. The standard InChI is InChI=1S/C17H17F3N6O/c18-17(19,20)13(26-9-3-6-22-26)10-15-23-16(24-27-15)12-4-5-14(21-11-12)25-7-1-2-8-25/h3-6,9,11,13H,1-2,7-8,10H2. The first kappa shape index (κ1) is 17.5. The Morgan fingerprint density at radius 2 is 2.00 bits per heavy atom. The Bertz CT molecular complexity index is 869. The fourth-order valence-corrected chi connectivity index (χ4v) is 3.10. The van der Waals surface area contributed by atoms with Gasteiger partial charge in [-0.25, -0.2) is 4.98 Å². The largest absolute Gasteiger partial charge is 0.411 e. The molecule has 3 aromatic rings. The topological polar surface area (TPSA) is 72.9 Å². The summed E-state index contributed by atoms with van der Waals surface area (Å²) < 4.78 is 45.9. The first-order chi connectivity index (χ1) is 13.0. The zero-order valence-electron chi connectivity index (χ0n) is 14.3. The quantitative estimate of drug-likeness (QED) is 0.679. The second-order valence-electron chi connectivity index (χ2n) is 6.36. The number of anilines is 1. The van der Waals surface area contributed by atoms with Crippen LogP contribution in [-0.4, -0.2) is 44.2 Å². The fourth-order valence-electron chi connectivity index (χ4n) is 3.10. The van der Waals surface area contributed by atoms with Crippen LogP contribution in [0, 0.1) is 0 Å². The van der Waals surface area contributed by atoms with Gasteiger partial charge in [0.2, 0.25) is 11.7 Å². The molecule has 0 spiro atoms. The van der Waals surface area contributed by atoms with Crippen molar-refractivity contribution in [3.05, 3.63) is 42.7 Å². The summed E-state index contributed by atoms with van der Waals surface area (Å²) in [5, 5.41) is 7.48. The molecule has 7 nitrogen and oxygen atoms in total. The Hall–Kier alpha value is -2.91. The van der Waals surface area contributed by atoms with Crippen molar-refractivity contribution in [1.29, 1.82) is 0 Å². The molecule has 0 saturated carbocycles. The molecule has 1 saturated heterocycles. The van der Waals surface area contributed by atoms with Gasteiger partial charge < -0.3 is 9.42 Å². The second-order valence-corrected chi connectivity index (χ2v) is 6.36. The minimum absolute atomic E-state index is 0.105. The van der Waals surface area contributed by atoms with Gasteiger partial charge in [-0.1, -0.05) is 5.16 Å². The maximum absolute atomic E-state index is 13.3. The van der Waals surface area contributed by atoms with Crippen LogP contribution in [0.15, 0.2) is 41.3 Å². The molecular formula is C17H17F3N6O. The van der Waals surface area contributed by atoms with Crippen LogP contribution in [0.2, 0.25) is 0 Å². The van der Waals surface area contributed by atoms with Gasteiger partial charge in [0.25, 0.3) is 0 Å². The van der Waals surface area contributed by atoms with Gasteiger partial charge in [0.05, 0.1) is 6.42 Å². The zero-order chi connectivity index (χ0) is 18.9. The van der Waals surface area contributed by atoms with Crippen molar-refractivity contribution < 1.29 is 17.7 Å². The Morgan fingerprint density at radius 3 is 2.63 bits per heavy atom. The lowest BCUT2D eigenvalue weighted by Crippen LogP contribution is -2.29. The molecule has 0 radical (unpaired) electrons. The number of nitrogens with zero attached hydrogens (tertiary/aromatic N) is 6. The first-order valence-electron chi connectivity index (χ1n) is 8.60. The van der Waals surface area contributed by atoms with Gasteiger partial charge in [-0.2, -0.15) is 23.3 Å². The summed E-state index contributed by atoms with van der Waals surface area (Å²) >= 11 is 0. The number of hydrogen-bond acceptors (Lipinski definition) is 6. The molecule has 10 heteroatoms. The molecule has 0 N–H and O–H groups in total. The predicted molar refractivity (Wildman–Crippen MR) is 90.0 cm³/mol. The van der Waals surface area contributed by atoms with E-state index >= 15 is 0 Å². The van der Waals surface area contributed by atoms with Crippen LogP contribution >= 0.6 is 0 Å². The maximum Gasteiger partial charge on any atom is 0.411 e.